The second kappa shape index (κ2) is 12.8. The zero-order valence-corrected chi connectivity index (χ0v) is 20.4. The minimum atomic E-state index is -3.90. The van der Waals surface area contributed by atoms with Crippen LogP contribution in [0.2, 0.25) is 5.02 Å². The SMILES string of the molecule is CCSCCC(NS(=O)(=O)c1ccc(Cl)cc1)C(=O)Nc1ccc(CCC(=O)OC)cc1. The van der Waals surface area contributed by atoms with E-state index in [4.69, 9.17) is 11.6 Å². The van der Waals surface area contributed by atoms with Gasteiger partial charge in [-0.15, -0.1) is 0 Å². The quantitative estimate of drug-likeness (QED) is 0.340. The van der Waals surface area contributed by atoms with Crippen LogP contribution in [0.25, 0.3) is 0 Å². The Bertz CT molecular complexity index is 996. The van der Waals surface area contributed by atoms with E-state index in [0.717, 1.165) is 11.3 Å². The molecule has 32 heavy (non-hydrogen) atoms. The number of hydrogen-bond acceptors (Lipinski definition) is 6. The molecule has 7 nitrogen and oxygen atoms in total. The molecule has 0 saturated heterocycles. The van der Waals surface area contributed by atoms with Crippen LogP contribution in [0, 0.1) is 0 Å². The maximum Gasteiger partial charge on any atom is 0.305 e. The summed E-state index contributed by atoms with van der Waals surface area (Å²) in [6.45, 7) is 2.00. The highest BCUT2D eigenvalue weighted by Crippen LogP contribution is 2.17. The number of benzene rings is 2. The highest BCUT2D eigenvalue weighted by molar-refractivity contribution is 7.99. The Kier molecular flexibility index (Phi) is 10.5. The van der Waals surface area contributed by atoms with E-state index in [-0.39, 0.29) is 17.3 Å². The molecule has 0 aliphatic carbocycles. The zero-order valence-electron chi connectivity index (χ0n) is 18.0. The lowest BCUT2D eigenvalue weighted by Gasteiger charge is -2.18. The predicted octanol–water partition coefficient (Wildman–Crippen LogP) is 3.87. The molecule has 2 rings (SSSR count). The summed E-state index contributed by atoms with van der Waals surface area (Å²) in [5.41, 5.74) is 1.46. The molecule has 0 fully saturated rings. The number of esters is 1. The molecule has 174 valence electrons. The van der Waals surface area contributed by atoms with E-state index >= 15 is 0 Å². The lowest BCUT2D eigenvalue weighted by molar-refractivity contribution is -0.140. The lowest BCUT2D eigenvalue weighted by Crippen LogP contribution is -2.44. The molecule has 0 aliphatic rings. The minimum Gasteiger partial charge on any atom is -0.469 e. The van der Waals surface area contributed by atoms with Crippen molar-refractivity contribution in [1.82, 2.24) is 4.72 Å². The van der Waals surface area contributed by atoms with E-state index in [2.05, 4.69) is 14.8 Å². The number of nitrogens with one attached hydrogen (secondary N) is 2. The molecule has 2 N–H and O–H groups in total. The third-order valence-corrected chi connectivity index (χ3v) is 7.23. The Hall–Kier alpha value is -2.07. The molecule has 2 aromatic rings. The first-order valence-corrected chi connectivity index (χ1v) is 13.1. The van der Waals surface area contributed by atoms with Crippen LogP contribution in [0.1, 0.15) is 25.3 Å². The van der Waals surface area contributed by atoms with Crippen molar-refractivity contribution in [2.45, 2.75) is 37.1 Å². The van der Waals surface area contributed by atoms with Crippen LogP contribution < -0.4 is 10.0 Å². The van der Waals surface area contributed by atoms with Gasteiger partial charge in [-0.2, -0.15) is 16.5 Å². The van der Waals surface area contributed by atoms with Crippen molar-refractivity contribution in [2.75, 3.05) is 23.9 Å². The molecule has 1 unspecified atom stereocenters. The number of carbonyl (C=O) groups is 2. The average molecular weight is 499 g/mol. The van der Waals surface area contributed by atoms with Crippen molar-refractivity contribution in [3.8, 4) is 0 Å². The summed E-state index contributed by atoms with van der Waals surface area (Å²) in [5.74, 6) is 0.764. The van der Waals surface area contributed by atoms with Gasteiger partial charge in [0, 0.05) is 17.1 Å². The van der Waals surface area contributed by atoms with Crippen LogP contribution in [0.5, 0.6) is 0 Å². The van der Waals surface area contributed by atoms with E-state index in [1.807, 2.05) is 6.92 Å². The van der Waals surface area contributed by atoms with E-state index in [9.17, 15) is 18.0 Å². The number of thioether (sulfide) groups is 1. The number of carbonyl (C=O) groups excluding carboxylic acids is 2. The first-order valence-electron chi connectivity index (χ1n) is 10.1. The van der Waals surface area contributed by atoms with Crippen molar-refractivity contribution in [3.63, 3.8) is 0 Å². The Labute approximate surface area is 198 Å². The smallest absolute Gasteiger partial charge is 0.305 e. The largest absolute Gasteiger partial charge is 0.469 e. The molecule has 0 aliphatic heterocycles. The molecule has 0 bridgehead atoms. The summed E-state index contributed by atoms with van der Waals surface area (Å²) in [4.78, 5) is 24.2. The number of sulfonamides is 1. The van der Waals surface area contributed by atoms with Crippen LogP contribution in [0.15, 0.2) is 53.4 Å². The fourth-order valence-electron chi connectivity index (χ4n) is 2.79. The number of aryl methyl sites for hydroxylation is 1. The van der Waals surface area contributed by atoms with Gasteiger partial charge in [-0.05, 0) is 66.3 Å². The van der Waals surface area contributed by atoms with E-state index < -0.39 is 22.0 Å². The van der Waals surface area contributed by atoms with Crippen LogP contribution in [0.4, 0.5) is 5.69 Å². The molecule has 0 spiro atoms. The van der Waals surface area contributed by atoms with Crippen molar-refractivity contribution < 1.29 is 22.7 Å². The molecular weight excluding hydrogens is 472 g/mol. The molecule has 1 amide bonds. The number of amides is 1. The Morgan fingerprint density at radius 1 is 1.09 bits per heavy atom. The van der Waals surface area contributed by atoms with Gasteiger partial charge in [0.2, 0.25) is 15.9 Å². The van der Waals surface area contributed by atoms with Gasteiger partial charge in [-0.1, -0.05) is 30.7 Å². The van der Waals surface area contributed by atoms with Gasteiger partial charge in [-0.25, -0.2) is 8.42 Å². The lowest BCUT2D eigenvalue weighted by atomic mass is 10.1. The van der Waals surface area contributed by atoms with E-state index in [1.165, 1.54) is 31.4 Å². The molecule has 0 saturated carbocycles. The molecule has 2 aromatic carbocycles. The monoisotopic (exact) mass is 498 g/mol. The summed E-state index contributed by atoms with van der Waals surface area (Å²) >= 11 is 7.47. The number of rotatable bonds is 12. The van der Waals surface area contributed by atoms with Gasteiger partial charge in [0.1, 0.15) is 6.04 Å². The van der Waals surface area contributed by atoms with Crippen LogP contribution in [-0.2, 0) is 30.8 Å². The van der Waals surface area contributed by atoms with Gasteiger partial charge in [0.05, 0.1) is 12.0 Å². The fourth-order valence-corrected chi connectivity index (χ4v) is 4.84. The predicted molar refractivity (Wildman–Crippen MR) is 129 cm³/mol. The second-order valence-electron chi connectivity index (χ2n) is 6.88. The number of ether oxygens (including phenoxy) is 1. The molecular formula is C22H27ClN2O5S2. The second-order valence-corrected chi connectivity index (χ2v) is 10.4. The van der Waals surface area contributed by atoms with Gasteiger partial charge in [-0.3, -0.25) is 9.59 Å². The van der Waals surface area contributed by atoms with Crippen LogP contribution >= 0.6 is 23.4 Å². The maximum absolute atomic E-state index is 12.9. The average Bonchev–Trinajstić information content (AvgIpc) is 2.78. The maximum atomic E-state index is 12.9. The zero-order chi connectivity index (χ0) is 23.6. The normalized spacial score (nSPS) is 12.2. The topological polar surface area (TPSA) is 102 Å². The number of methoxy groups -OCH3 is 1. The van der Waals surface area contributed by atoms with Crippen LogP contribution in [-0.4, -0.2) is 45.0 Å². The van der Waals surface area contributed by atoms with Crippen molar-refractivity contribution in [1.29, 1.82) is 0 Å². The van der Waals surface area contributed by atoms with E-state index in [1.54, 1.807) is 36.0 Å². The Morgan fingerprint density at radius 3 is 2.34 bits per heavy atom. The highest BCUT2D eigenvalue weighted by Gasteiger charge is 2.25. The summed E-state index contributed by atoms with van der Waals surface area (Å²) in [5, 5.41) is 3.19. The van der Waals surface area contributed by atoms with Crippen molar-refractivity contribution >= 4 is 50.9 Å². The molecule has 0 radical (unpaired) electrons. The third-order valence-electron chi connectivity index (χ3n) is 4.56. The highest BCUT2D eigenvalue weighted by atomic mass is 35.5. The van der Waals surface area contributed by atoms with Crippen molar-refractivity contribution in [2.24, 2.45) is 0 Å². The third kappa shape index (κ3) is 8.46. The van der Waals surface area contributed by atoms with Gasteiger partial charge < -0.3 is 10.1 Å². The number of halogens is 1. The molecule has 1 atom stereocenters. The number of anilines is 1. The summed E-state index contributed by atoms with van der Waals surface area (Å²) in [7, 11) is -2.55. The minimum absolute atomic E-state index is 0.0396. The summed E-state index contributed by atoms with van der Waals surface area (Å²) < 4.78 is 32.7. The van der Waals surface area contributed by atoms with E-state index in [0.29, 0.717) is 29.3 Å². The Balaban J connectivity index is 2.08. The molecule has 0 aromatic heterocycles. The van der Waals surface area contributed by atoms with Gasteiger partial charge in [0.15, 0.2) is 0 Å². The standard InChI is InChI=1S/C22H27ClN2O5S2/c1-3-31-15-14-20(25-32(28,29)19-11-7-17(23)8-12-19)22(27)24-18-9-4-16(5-10-18)6-13-21(26)30-2/h4-5,7-12,20,25H,3,6,13-15H2,1-2H3,(H,24,27). The first-order chi connectivity index (χ1) is 15.2. The van der Waals surface area contributed by atoms with Gasteiger partial charge in [0.25, 0.3) is 0 Å². The number of hydrogen-bond donors (Lipinski definition) is 2. The fraction of sp³-hybridized carbons (Fsp3) is 0.364. The summed E-state index contributed by atoms with van der Waals surface area (Å²) in [6, 6.07) is 11.9. The van der Waals surface area contributed by atoms with Crippen LogP contribution in [0.3, 0.4) is 0 Å². The summed E-state index contributed by atoms with van der Waals surface area (Å²) in [6.07, 6.45) is 1.14. The van der Waals surface area contributed by atoms with Crippen molar-refractivity contribution in [3.05, 3.63) is 59.1 Å². The Morgan fingerprint density at radius 2 is 1.75 bits per heavy atom. The first kappa shape index (κ1) is 26.2. The van der Waals surface area contributed by atoms with Gasteiger partial charge >= 0.3 is 5.97 Å². The molecule has 0 heterocycles. The molecule has 10 heteroatoms.